The summed E-state index contributed by atoms with van der Waals surface area (Å²) in [5.41, 5.74) is 0. The number of rotatable bonds is 5. The predicted molar refractivity (Wildman–Crippen MR) is 70.2 cm³/mol. The number of carbonyl (C=O) groups excluding carboxylic acids is 1. The van der Waals surface area contributed by atoms with E-state index in [1.54, 1.807) is 0 Å². The van der Waals surface area contributed by atoms with Gasteiger partial charge < -0.3 is 9.84 Å². The fraction of sp³-hybridized carbons (Fsp3) is 0.444. The van der Waals surface area contributed by atoms with E-state index in [4.69, 9.17) is 5.11 Å². The summed E-state index contributed by atoms with van der Waals surface area (Å²) in [4.78, 5) is 11.4. The molecule has 0 spiro atoms. The number of carbonyl (C=O) groups is 1. The SMILES string of the molecule is COC(=O)c1cc(S(=O)(=O)N[C@@H](C)CO)c(Br)s1. The lowest BCUT2D eigenvalue weighted by Gasteiger charge is -2.10. The Morgan fingerprint density at radius 3 is 2.78 bits per heavy atom. The molecule has 1 aromatic heterocycles. The summed E-state index contributed by atoms with van der Waals surface area (Å²) < 4.78 is 31.0. The number of nitrogens with one attached hydrogen (secondary N) is 1. The van der Waals surface area contributed by atoms with Gasteiger partial charge in [-0.15, -0.1) is 11.3 Å². The maximum Gasteiger partial charge on any atom is 0.348 e. The average Bonchev–Trinajstić information content (AvgIpc) is 2.70. The Kier molecular flexibility index (Phi) is 5.29. The number of sulfonamides is 1. The van der Waals surface area contributed by atoms with E-state index in [9.17, 15) is 13.2 Å². The van der Waals surface area contributed by atoms with Crippen molar-refractivity contribution >= 4 is 43.3 Å². The minimum Gasteiger partial charge on any atom is -0.465 e. The van der Waals surface area contributed by atoms with Crippen LogP contribution in [0.1, 0.15) is 16.6 Å². The molecule has 102 valence electrons. The molecule has 0 saturated carbocycles. The Balaban J connectivity index is 3.10. The standard InChI is InChI=1S/C9H12BrNO5S2/c1-5(4-12)11-18(14,15)7-3-6(9(13)16-2)17-8(7)10/h3,5,11-12H,4H2,1-2H3/t5-/m0/s1. The minimum absolute atomic E-state index is 0.0480. The Bertz CT molecular complexity index is 539. The molecule has 0 unspecified atom stereocenters. The minimum atomic E-state index is -3.78. The van der Waals surface area contributed by atoms with E-state index in [2.05, 4.69) is 25.4 Å². The fourth-order valence-electron chi connectivity index (χ4n) is 1.10. The van der Waals surface area contributed by atoms with E-state index in [1.165, 1.54) is 20.1 Å². The van der Waals surface area contributed by atoms with Gasteiger partial charge in [-0.05, 0) is 28.9 Å². The number of ether oxygens (including phenoxy) is 1. The molecule has 0 bridgehead atoms. The lowest BCUT2D eigenvalue weighted by molar-refractivity contribution is 0.0606. The van der Waals surface area contributed by atoms with Crippen molar-refractivity contribution in [2.45, 2.75) is 17.9 Å². The highest BCUT2D eigenvalue weighted by Gasteiger charge is 2.24. The topological polar surface area (TPSA) is 92.7 Å². The third-order valence-corrected chi connectivity index (χ3v) is 5.78. The molecule has 1 atom stereocenters. The largest absolute Gasteiger partial charge is 0.465 e. The molecule has 2 N–H and O–H groups in total. The Hall–Kier alpha value is -0.480. The number of aliphatic hydroxyl groups is 1. The van der Waals surface area contributed by atoms with Crippen LogP contribution in [0.15, 0.2) is 14.7 Å². The van der Waals surface area contributed by atoms with Gasteiger partial charge in [0.25, 0.3) is 0 Å². The molecule has 1 aromatic rings. The Morgan fingerprint density at radius 1 is 1.67 bits per heavy atom. The Labute approximate surface area is 117 Å². The van der Waals surface area contributed by atoms with E-state index in [-0.39, 0.29) is 16.4 Å². The van der Waals surface area contributed by atoms with Crippen molar-refractivity contribution in [3.05, 3.63) is 14.7 Å². The van der Waals surface area contributed by atoms with Crippen LogP contribution in [0.2, 0.25) is 0 Å². The number of aliphatic hydroxyl groups excluding tert-OH is 1. The highest BCUT2D eigenvalue weighted by molar-refractivity contribution is 9.11. The molecule has 0 aliphatic rings. The van der Waals surface area contributed by atoms with Crippen LogP contribution < -0.4 is 4.72 Å². The van der Waals surface area contributed by atoms with E-state index >= 15 is 0 Å². The summed E-state index contributed by atoms with van der Waals surface area (Å²) in [7, 11) is -2.56. The third kappa shape index (κ3) is 3.51. The highest BCUT2D eigenvalue weighted by atomic mass is 79.9. The number of esters is 1. The molecule has 1 rings (SSSR count). The van der Waals surface area contributed by atoms with Crippen molar-refractivity contribution < 1.29 is 23.1 Å². The van der Waals surface area contributed by atoms with Crippen LogP contribution in [0.3, 0.4) is 0 Å². The Morgan fingerprint density at radius 2 is 2.28 bits per heavy atom. The lowest BCUT2D eigenvalue weighted by atomic mass is 10.4. The van der Waals surface area contributed by atoms with E-state index in [1.807, 2.05) is 0 Å². The molecule has 9 heteroatoms. The van der Waals surface area contributed by atoms with Gasteiger partial charge in [-0.3, -0.25) is 0 Å². The average molecular weight is 358 g/mol. The van der Waals surface area contributed by atoms with Crippen LogP contribution >= 0.6 is 27.3 Å². The first kappa shape index (κ1) is 15.6. The maximum absolute atomic E-state index is 11.9. The van der Waals surface area contributed by atoms with Crippen molar-refractivity contribution in [1.29, 1.82) is 0 Å². The predicted octanol–water partition coefficient (Wildman–Crippen LogP) is 0.956. The second-order valence-corrected chi connectivity index (χ2v) is 7.50. The van der Waals surface area contributed by atoms with Gasteiger partial charge in [-0.25, -0.2) is 17.9 Å². The van der Waals surface area contributed by atoms with Crippen LogP contribution in [0.5, 0.6) is 0 Å². The molecule has 1 heterocycles. The van der Waals surface area contributed by atoms with Crippen molar-refractivity contribution in [3.63, 3.8) is 0 Å². The molecule has 18 heavy (non-hydrogen) atoms. The first-order chi connectivity index (χ1) is 8.31. The van der Waals surface area contributed by atoms with Crippen LogP contribution in [0, 0.1) is 0 Å². The molecule has 0 aliphatic carbocycles. The zero-order valence-electron chi connectivity index (χ0n) is 9.64. The fourth-order valence-corrected chi connectivity index (χ4v) is 4.82. The van der Waals surface area contributed by atoms with Crippen molar-refractivity contribution in [2.24, 2.45) is 0 Å². The van der Waals surface area contributed by atoms with Gasteiger partial charge in [0.05, 0.1) is 17.5 Å². The zero-order chi connectivity index (χ0) is 13.9. The van der Waals surface area contributed by atoms with Crippen molar-refractivity contribution in [2.75, 3.05) is 13.7 Å². The molecule has 6 nitrogen and oxygen atoms in total. The quantitative estimate of drug-likeness (QED) is 0.765. The third-order valence-electron chi connectivity index (χ3n) is 1.96. The number of hydrogen-bond donors (Lipinski definition) is 2. The molecular formula is C9H12BrNO5S2. The summed E-state index contributed by atoms with van der Waals surface area (Å²) in [5, 5.41) is 8.84. The van der Waals surface area contributed by atoms with Gasteiger partial charge in [0.15, 0.2) is 0 Å². The summed E-state index contributed by atoms with van der Waals surface area (Å²) in [5.74, 6) is -0.600. The summed E-state index contributed by atoms with van der Waals surface area (Å²) in [6.45, 7) is 1.21. The molecule has 0 amide bonds. The van der Waals surface area contributed by atoms with Crippen LogP contribution in [0.4, 0.5) is 0 Å². The van der Waals surface area contributed by atoms with E-state index in [0.717, 1.165) is 11.3 Å². The molecule has 0 fully saturated rings. The molecule has 0 aromatic carbocycles. The number of thiophene rings is 1. The van der Waals surface area contributed by atoms with Gasteiger partial charge in [0.2, 0.25) is 10.0 Å². The monoisotopic (exact) mass is 357 g/mol. The zero-order valence-corrected chi connectivity index (χ0v) is 12.9. The van der Waals surface area contributed by atoms with Crippen molar-refractivity contribution in [3.8, 4) is 0 Å². The second kappa shape index (κ2) is 6.11. The van der Waals surface area contributed by atoms with Gasteiger partial charge in [0, 0.05) is 6.04 Å². The number of methoxy groups -OCH3 is 1. The van der Waals surface area contributed by atoms with Crippen LogP contribution in [0.25, 0.3) is 0 Å². The van der Waals surface area contributed by atoms with Crippen LogP contribution in [-0.4, -0.2) is 39.3 Å². The van der Waals surface area contributed by atoms with Crippen molar-refractivity contribution in [1.82, 2.24) is 4.72 Å². The number of halogens is 1. The highest BCUT2D eigenvalue weighted by Crippen LogP contribution is 2.32. The van der Waals surface area contributed by atoms with Gasteiger partial charge in [-0.1, -0.05) is 0 Å². The number of hydrogen-bond acceptors (Lipinski definition) is 6. The van der Waals surface area contributed by atoms with Gasteiger partial charge >= 0.3 is 5.97 Å². The van der Waals surface area contributed by atoms with E-state index in [0.29, 0.717) is 3.79 Å². The first-order valence-corrected chi connectivity index (χ1v) is 7.92. The second-order valence-electron chi connectivity index (χ2n) is 3.45. The molecule has 0 radical (unpaired) electrons. The summed E-state index contributed by atoms with van der Waals surface area (Å²) in [6.07, 6.45) is 0. The lowest BCUT2D eigenvalue weighted by Crippen LogP contribution is -2.34. The normalized spacial score (nSPS) is 13.3. The smallest absolute Gasteiger partial charge is 0.348 e. The summed E-state index contributed by atoms with van der Waals surface area (Å²) in [6, 6.07) is 0.621. The maximum atomic E-state index is 11.9. The van der Waals surface area contributed by atoms with Gasteiger partial charge in [0.1, 0.15) is 9.77 Å². The van der Waals surface area contributed by atoms with E-state index < -0.39 is 22.0 Å². The first-order valence-electron chi connectivity index (χ1n) is 4.82. The van der Waals surface area contributed by atoms with Crippen LogP contribution in [-0.2, 0) is 14.8 Å². The van der Waals surface area contributed by atoms with Gasteiger partial charge in [-0.2, -0.15) is 0 Å². The summed E-state index contributed by atoms with van der Waals surface area (Å²) >= 11 is 4.06. The molecular weight excluding hydrogens is 346 g/mol. The molecule has 0 aliphatic heterocycles. The molecule has 0 saturated heterocycles.